The van der Waals surface area contributed by atoms with Crippen LogP contribution in [-0.2, 0) is 23.8 Å². The van der Waals surface area contributed by atoms with Crippen LogP contribution in [0.4, 0.5) is 9.59 Å². The minimum Gasteiger partial charge on any atom is -0.453 e. The second-order valence-corrected chi connectivity index (χ2v) is 17.5. The lowest BCUT2D eigenvalue weighted by Crippen LogP contribution is -2.55. The lowest BCUT2D eigenvalue weighted by atomic mass is 9.98. The Labute approximate surface area is 362 Å². The number of H-pyrrole nitrogens is 2. The van der Waals surface area contributed by atoms with Crippen molar-refractivity contribution in [2.24, 2.45) is 5.92 Å². The Hall–Kier alpha value is -6.22. The van der Waals surface area contributed by atoms with Crippen molar-refractivity contribution in [1.82, 2.24) is 40.4 Å². The summed E-state index contributed by atoms with van der Waals surface area (Å²) in [6, 6.07) is 18.9. The van der Waals surface area contributed by atoms with Crippen LogP contribution in [0.3, 0.4) is 0 Å². The van der Waals surface area contributed by atoms with E-state index in [0.29, 0.717) is 18.9 Å². The summed E-state index contributed by atoms with van der Waals surface area (Å²) in [6.07, 6.45) is 4.87. The summed E-state index contributed by atoms with van der Waals surface area (Å²) >= 11 is 0. The highest BCUT2D eigenvalue weighted by molar-refractivity contribution is 5.91. The fourth-order valence-corrected chi connectivity index (χ4v) is 8.62. The average molecular weight is 847 g/mol. The first-order valence-corrected chi connectivity index (χ1v) is 21.4. The summed E-state index contributed by atoms with van der Waals surface area (Å²) in [5.41, 5.74) is 5.29. The molecule has 2 saturated heterocycles. The number of imidazole rings is 2. The molecule has 4 amide bonds. The SMILES string of the molecule is COC(=O)N[C@H](C(=O)N1CCC[C@H]1c1ncc(-c2ccc3cc(-c4ccc(-c5cnc([C@@H]6CCCN6C(=O)[C@@H](NC(=O)OC)[C@@H](C)OC(C)(C)C)[nH]5)cc4)ccc3c2)[nH]1)C(C)C. The zero-order valence-corrected chi connectivity index (χ0v) is 36.8. The summed E-state index contributed by atoms with van der Waals surface area (Å²) in [6.45, 7) is 12.4. The Kier molecular flexibility index (Phi) is 13.0. The highest BCUT2D eigenvalue weighted by Gasteiger charge is 2.40. The third-order valence-electron chi connectivity index (χ3n) is 11.7. The Morgan fingerprint density at radius 2 is 1.11 bits per heavy atom. The second kappa shape index (κ2) is 18.4. The van der Waals surface area contributed by atoms with Gasteiger partial charge in [-0.25, -0.2) is 19.6 Å². The second-order valence-electron chi connectivity index (χ2n) is 17.5. The van der Waals surface area contributed by atoms with Crippen LogP contribution < -0.4 is 10.6 Å². The van der Waals surface area contributed by atoms with Crippen LogP contribution in [0.1, 0.15) is 91.0 Å². The zero-order chi connectivity index (χ0) is 44.3. The quantitative estimate of drug-likeness (QED) is 0.0969. The molecule has 0 saturated carbocycles. The molecule has 5 aromatic rings. The van der Waals surface area contributed by atoms with Crippen molar-refractivity contribution in [3.8, 4) is 33.6 Å². The number of amides is 4. The molecule has 15 nitrogen and oxygen atoms in total. The van der Waals surface area contributed by atoms with E-state index < -0.39 is 36.0 Å². The van der Waals surface area contributed by atoms with Crippen LogP contribution in [0.2, 0.25) is 0 Å². The topological polar surface area (TPSA) is 184 Å². The number of fused-ring (bicyclic) bond motifs is 1. The number of rotatable bonds is 12. The summed E-state index contributed by atoms with van der Waals surface area (Å²) in [5.74, 6) is 0.923. The number of carbonyl (C=O) groups excluding carboxylic acids is 4. The number of aromatic amines is 2. The molecule has 2 aliphatic heterocycles. The molecule has 0 spiro atoms. The van der Waals surface area contributed by atoms with Gasteiger partial charge < -0.3 is 44.6 Å². The van der Waals surface area contributed by atoms with Gasteiger partial charge in [0.25, 0.3) is 0 Å². The van der Waals surface area contributed by atoms with Crippen LogP contribution in [0.25, 0.3) is 44.4 Å². The number of hydrogen-bond acceptors (Lipinski definition) is 9. The van der Waals surface area contributed by atoms with Crippen LogP contribution in [0.15, 0.2) is 73.1 Å². The van der Waals surface area contributed by atoms with Crippen molar-refractivity contribution >= 4 is 34.8 Å². The van der Waals surface area contributed by atoms with Gasteiger partial charge in [0.2, 0.25) is 11.8 Å². The minimum absolute atomic E-state index is 0.109. The van der Waals surface area contributed by atoms with Gasteiger partial charge in [0, 0.05) is 18.7 Å². The highest BCUT2D eigenvalue weighted by atomic mass is 16.5. The van der Waals surface area contributed by atoms with E-state index in [4.69, 9.17) is 24.2 Å². The maximum atomic E-state index is 14.0. The van der Waals surface area contributed by atoms with Crippen LogP contribution in [0, 0.1) is 5.92 Å². The first kappa shape index (κ1) is 43.9. The largest absolute Gasteiger partial charge is 0.453 e. The number of benzene rings is 3. The molecule has 7 rings (SSSR count). The highest BCUT2D eigenvalue weighted by Crippen LogP contribution is 2.36. The number of hydrogen-bond donors (Lipinski definition) is 4. The Bertz CT molecular complexity index is 2400. The molecule has 328 valence electrons. The van der Waals surface area contributed by atoms with Gasteiger partial charge in [-0.1, -0.05) is 62.4 Å². The number of likely N-dealkylation sites (tertiary alicyclic amines) is 2. The van der Waals surface area contributed by atoms with Crippen molar-refractivity contribution in [1.29, 1.82) is 0 Å². The smallest absolute Gasteiger partial charge is 0.407 e. The Morgan fingerprint density at radius 1 is 0.661 bits per heavy atom. The molecule has 0 radical (unpaired) electrons. The molecule has 0 aliphatic carbocycles. The molecule has 0 unspecified atom stereocenters. The van der Waals surface area contributed by atoms with Gasteiger partial charge in [-0.15, -0.1) is 0 Å². The molecule has 0 bridgehead atoms. The molecule has 5 atom stereocenters. The zero-order valence-electron chi connectivity index (χ0n) is 36.8. The van der Waals surface area contributed by atoms with Crippen molar-refractivity contribution in [2.45, 2.75) is 103 Å². The molecule has 3 aromatic carbocycles. The van der Waals surface area contributed by atoms with Gasteiger partial charge in [0.1, 0.15) is 23.7 Å². The number of methoxy groups -OCH3 is 2. The molecule has 62 heavy (non-hydrogen) atoms. The van der Waals surface area contributed by atoms with Gasteiger partial charge in [-0.3, -0.25) is 9.59 Å². The molecular weight excluding hydrogens is 789 g/mol. The number of nitrogens with zero attached hydrogens (tertiary/aromatic N) is 4. The van der Waals surface area contributed by atoms with E-state index in [1.807, 2.05) is 45.7 Å². The van der Waals surface area contributed by atoms with E-state index in [1.54, 1.807) is 18.0 Å². The van der Waals surface area contributed by atoms with Crippen molar-refractivity contribution in [2.75, 3.05) is 27.3 Å². The molecule has 2 fully saturated rings. The van der Waals surface area contributed by atoms with Crippen LogP contribution in [0.5, 0.6) is 0 Å². The van der Waals surface area contributed by atoms with E-state index >= 15 is 0 Å². The number of alkyl carbamates (subject to hydrolysis) is 2. The van der Waals surface area contributed by atoms with Gasteiger partial charge in [-0.05, 0) is 98.9 Å². The van der Waals surface area contributed by atoms with Crippen LogP contribution >= 0.6 is 0 Å². The number of nitrogens with one attached hydrogen (secondary N) is 4. The fourth-order valence-electron chi connectivity index (χ4n) is 8.62. The van der Waals surface area contributed by atoms with E-state index in [2.05, 4.69) is 81.3 Å². The summed E-state index contributed by atoms with van der Waals surface area (Å²) < 4.78 is 15.7. The Balaban J connectivity index is 1.02. The predicted molar refractivity (Wildman–Crippen MR) is 236 cm³/mol. The van der Waals surface area contributed by atoms with Gasteiger partial charge in [0.05, 0.1) is 61.8 Å². The number of aromatic nitrogens is 4. The maximum absolute atomic E-state index is 14.0. The van der Waals surface area contributed by atoms with E-state index in [-0.39, 0.29) is 29.8 Å². The van der Waals surface area contributed by atoms with Crippen molar-refractivity contribution in [3.63, 3.8) is 0 Å². The first-order valence-electron chi connectivity index (χ1n) is 21.4. The lowest BCUT2D eigenvalue weighted by molar-refractivity contribution is -0.142. The molecule has 15 heteroatoms. The van der Waals surface area contributed by atoms with E-state index in [9.17, 15) is 19.2 Å². The van der Waals surface area contributed by atoms with Gasteiger partial charge in [0.15, 0.2) is 0 Å². The third-order valence-corrected chi connectivity index (χ3v) is 11.7. The van der Waals surface area contributed by atoms with E-state index in [0.717, 1.165) is 75.9 Å². The molecule has 2 aromatic heterocycles. The number of ether oxygens (including phenoxy) is 3. The average Bonchev–Trinajstić information content (AvgIpc) is 4.10. The third kappa shape index (κ3) is 9.62. The lowest BCUT2D eigenvalue weighted by Gasteiger charge is -2.34. The predicted octanol–water partition coefficient (Wildman–Crippen LogP) is 7.92. The standard InChI is InChI=1S/C47H58N8O7/c1-27(2)39(52-45(58)60-7)43(56)54-21-9-11-37(54)42-49-26-36(51-42)34-20-19-32-23-31(17-18-33(32)24-34)29-13-15-30(16-14-29)35-25-48-41(50-35)38-12-10-22-55(38)44(57)40(53-46(59)61-8)28(3)62-47(4,5)6/h13-20,23-28,37-40H,9-12,21-22H2,1-8H3,(H,48,50)(H,49,51)(H,52,58)(H,53,59)/t28-,37+,38+,39+,40+/m1/s1. The summed E-state index contributed by atoms with van der Waals surface area (Å²) in [4.78, 5) is 71.8. The molecular formula is C47H58N8O7. The van der Waals surface area contributed by atoms with Gasteiger partial charge >= 0.3 is 12.2 Å². The number of carbonyl (C=O) groups is 4. The first-order chi connectivity index (χ1) is 29.6. The fraction of sp³-hybridized carbons (Fsp3) is 0.447. The monoisotopic (exact) mass is 846 g/mol. The summed E-state index contributed by atoms with van der Waals surface area (Å²) in [5, 5.41) is 7.58. The summed E-state index contributed by atoms with van der Waals surface area (Å²) in [7, 11) is 2.56. The van der Waals surface area contributed by atoms with Crippen molar-refractivity contribution < 1.29 is 33.4 Å². The molecule has 4 N–H and O–H groups in total. The Morgan fingerprint density at radius 3 is 1.63 bits per heavy atom. The van der Waals surface area contributed by atoms with Crippen LogP contribution in [-0.4, -0.2) is 105 Å². The maximum Gasteiger partial charge on any atom is 0.407 e. The normalized spacial score (nSPS) is 18.1. The minimum atomic E-state index is -0.928. The van der Waals surface area contributed by atoms with E-state index in [1.165, 1.54) is 14.2 Å². The molecule has 4 heterocycles. The molecule has 2 aliphatic rings. The van der Waals surface area contributed by atoms with Crippen molar-refractivity contribution in [3.05, 3.63) is 84.7 Å². The van der Waals surface area contributed by atoms with Gasteiger partial charge in [-0.2, -0.15) is 0 Å².